The summed E-state index contributed by atoms with van der Waals surface area (Å²) in [6, 6.07) is 0. The molecule has 0 N–H and O–H groups in total. The van der Waals surface area contributed by atoms with Gasteiger partial charge in [-0.05, 0) is 0 Å². The molecule has 0 amide bonds. The molecule has 0 saturated heterocycles. The van der Waals surface area contributed by atoms with E-state index < -0.39 is 0 Å². The molecular weight excluding hydrogens is 334 g/mol. The van der Waals surface area contributed by atoms with E-state index >= 15 is 0 Å². The fourth-order valence-electron chi connectivity index (χ4n) is 0.224. The van der Waals surface area contributed by atoms with E-state index in [2.05, 4.69) is 13.8 Å². The molecule has 0 aliphatic heterocycles. The van der Waals surface area contributed by atoms with Gasteiger partial charge in [-0.3, -0.25) is 0 Å². The van der Waals surface area contributed by atoms with E-state index in [0.29, 0.717) is 0 Å². The van der Waals surface area contributed by atoms with Crippen LogP contribution in [0.15, 0.2) is 0 Å². The van der Waals surface area contributed by atoms with Crippen LogP contribution in [-0.4, -0.2) is 17.4 Å². The summed E-state index contributed by atoms with van der Waals surface area (Å²) in [5, 5.41) is 0. The molecule has 61 valence electrons. The van der Waals surface area contributed by atoms with Gasteiger partial charge in [0.15, 0.2) is 0 Å². The van der Waals surface area contributed by atoms with Gasteiger partial charge in [0.05, 0.1) is 0 Å². The van der Waals surface area contributed by atoms with Gasteiger partial charge in [0, 0.05) is 25.9 Å². The summed E-state index contributed by atoms with van der Waals surface area (Å²) in [7, 11) is 0. The van der Waals surface area contributed by atoms with Crippen molar-refractivity contribution in [3.8, 4) is 0 Å². The van der Waals surface area contributed by atoms with Crippen molar-refractivity contribution < 1.29 is 0 Å². The molecule has 1 nitrogen and oxygen atoms in total. The van der Waals surface area contributed by atoms with Crippen molar-refractivity contribution in [2.24, 2.45) is 0 Å². The lowest BCUT2D eigenvalue weighted by Gasteiger charge is -2.03. The van der Waals surface area contributed by atoms with Crippen LogP contribution in [0, 0.1) is 0 Å². The zero-order chi connectivity index (χ0) is 4.99. The molecule has 0 bridgehead atoms. The third kappa shape index (κ3) is 17.7. The lowest BCUT2D eigenvalue weighted by atomic mass is 10.7. The Morgan fingerprint density at radius 2 is 1.22 bits per heavy atom. The predicted octanol–water partition coefficient (Wildman–Crippen LogP) is 3.17. The van der Waals surface area contributed by atoms with Gasteiger partial charge in [-0.15, -0.1) is 50.9 Å². The second-order valence-corrected chi connectivity index (χ2v) is 1.63. The molecule has 0 rings (SSSR count). The van der Waals surface area contributed by atoms with Crippen molar-refractivity contribution in [1.29, 1.82) is 0 Å². The maximum Gasteiger partial charge on any atom is 0.00837 e. The Morgan fingerprint density at radius 3 is 1.22 bits per heavy atom. The fraction of sp³-hybridized carbons (Fsp3) is 1.00. The molecule has 0 unspecified atom stereocenters. The van der Waals surface area contributed by atoms with Crippen LogP contribution in [0.4, 0.5) is 0 Å². The molecule has 0 aliphatic rings. The first-order valence-corrected chi connectivity index (χ1v) is 2.59. The molecule has 5 heteroatoms. The van der Waals surface area contributed by atoms with Gasteiger partial charge in [-0.2, -0.15) is 0 Å². The quantitative estimate of drug-likeness (QED) is 0.742. The fourth-order valence-corrected chi connectivity index (χ4v) is 0.224. The van der Waals surface area contributed by atoms with Gasteiger partial charge in [-0.25, -0.2) is 4.31 Å². The van der Waals surface area contributed by atoms with Crippen LogP contribution in [0.5, 0.6) is 0 Å². The minimum Gasteiger partial charge on any atom is -0.241 e. The number of rotatable bonds is 2. The Labute approximate surface area is 94.4 Å². The zero-order valence-electron chi connectivity index (χ0n) is 5.49. The summed E-state index contributed by atoms with van der Waals surface area (Å²) in [5.74, 6) is 0. The monoisotopic (exact) mass is 344 g/mol. The van der Waals surface area contributed by atoms with Gasteiger partial charge >= 0.3 is 0 Å². The van der Waals surface area contributed by atoms with E-state index in [1.165, 1.54) is 0 Å². The summed E-state index contributed by atoms with van der Waals surface area (Å²) in [4.78, 5) is 0. The van der Waals surface area contributed by atoms with E-state index in [1.807, 2.05) is 4.31 Å². The highest BCUT2D eigenvalue weighted by molar-refractivity contribution is 8.93. The second-order valence-electron chi connectivity index (χ2n) is 1.11. The summed E-state index contributed by atoms with van der Waals surface area (Å²) in [5.41, 5.74) is 0. The molecule has 0 aromatic heterocycles. The van der Waals surface area contributed by atoms with Gasteiger partial charge in [0.25, 0.3) is 0 Å². The van der Waals surface area contributed by atoms with Crippen LogP contribution in [0.2, 0.25) is 0 Å². The van der Waals surface area contributed by atoms with E-state index in [4.69, 9.17) is 12.8 Å². The number of hydrogen-bond donors (Lipinski definition) is 0. The van der Waals surface area contributed by atoms with E-state index in [1.54, 1.807) is 0 Å². The van der Waals surface area contributed by atoms with Crippen LogP contribution in [-0.2, 0) is 0 Å². The Balaban J connectivity index is -0.0000000417. The number of nitrogens with zero attached hydrogens (tertiary/aromatic N) is 1. The SMILES string of the molecule is Br.Br.Br.CCN([S])CC. The topological polar surface area (TPSA) is 3.24 Å². The maximum absolute atomic E-state index is 4.77. The minimum absolute atomic E-state index is 0. The maximum atomic E-state index is 4.77. The van der Waals surface area contributed by atoms with Crippen molar-refractivity contribution in [2.45, 2.75) is 13.8 Å². The predicted molar refractivity (Wildman–Crippen MR) is 61.5 cm³/mol. The van der Waals surface area contributed by atoms with Crippen molar-refractivity contribution in [2.75, 3.05) is 13.1 Å². The molecule has 0 spiro atoms. The molecule has 0 atom stereocenters. The van der Waals surface area contributed by atoms with Crippen molar-refractivity contribution in [1.82, 2.24) is 4.31 Å². The highest BCUT2D eigenvalue weighted by atomic mass is 79.9. The normalized spacial score (nSPS) is 6.67. The van der Waals surface area contributed by atoms with Crippen LogP contribution < -0.4 is 0 Å². The van der Waals surface area contributed by atoms with Gasteiger partial charge in [0.2, 0.25) is 0 Å². The third-order valence-electron chi connectivity index (χ3n) is 0.705. The van der Waals surface area contributed by atoms with Gasteiger partial charge in [0.1, 0.15) is 0 Å². The Hall–Kier alpha value is 1.75. The summed E-state index contributed by atoms with van der Waals surface area (Å²) in [6.07, 6.45) is 0. The lowest BCUT2D eigenvalue weighted by Crippen LogP contribution is -2.08. The highest BCUT2D eigenvalue weighted by Gasteiger charge is 1.84. The average molecular weight is 347 g/mol. The van der Waals surface area contributed by atoms with Crippen LogP contribution in [0.25, 0.3) is 0 Å². The first-order chi connectivity index (χ1) is 2.81. The first kappa shape index (κ1) is 22.4. The third-order valence-corrected chi connectivity index (χ3v) is 1.22. The Bertz CT molecular complexity index is 35.0. The highest BCUT2D eigenvalue weighted by Crippen LogP contribution is 1.86. The molecule has 0 aliphatic carbocycles. The van der Waals surface area contributed by atoms with Gasteiger partial charge in [-0.1, -0.05) is 13.8 Å². The second kappa shape index (κ2) is 16.4. The summed E-state index contributed by atoms with van der Waals surface area (Å²) >= 11 is 4.77. The molecule has 0 saturated carbocycles. The Morgan fingerprint density at radius 1 is 1.00 bits per heavy atom. The van der Waals surface area contributed by atoms with Crippen LogP contribution >= 0.6 is 63.8 Å². The minimum atomic E-state index is 0. The van der Waals surface area contributed by atoms with E-state index in [-0.39, 0.29) is 50.9 Å². The van der Waals surface area contributed by atoms with E-state index in [0.717, 1.165) is 13.1 Å². The number of hydrogen-bond acceptors (Lipinski definition) is 1. The molecule has 1 radical (unpaired) electrons. The molecule has 0 aromatic rings. The molecule has 0 aromatic carbocycles. The lowest BCUT2D eigenvalue weighted by molar-refractivity contribution is 0.532. The standard InChI is InChI=1S/C4H10NS.3BrH/c1-3-5(6)4-2;;;/h3-4H2,1-2H3;3*1H. The smallest absolute Gasteiger partial charge is 0.00837 e. The van der Waals surface area contributed by atoms with Crippen molar-refractivity contribution in [3.05, 3.63) is 0 Å². The zero-order valence-corrected chi connectivity index (χ0v) is 11.5. The van der Waals surface area contributed by atoms with Crippen molar-refractivity contribution >= 4 is 63.8 Å². The summed E-state index contributed by atoms with van der Waals surface area (Å²) < 4.78 is 1.83. The molecule has 0 heterocycles. The Kier molecular flexibility index (Phi) is 40.8. The largest absolute Gasteiger partial charge is 0.241 e. The van der Waals surface area contributed by atoms with Gasteiger partial charge < -0.3 is 0 Å². The molecular formula is C4H13Br3NS. The van der Waals surface area contributed by atoms with Crippen LogP contribution in [0.1, 0.15) is 13.8 Å². The summed E-state index contributed by atoms with van der Waals surface area (Å²) in [6.45, 7) is 6.06. The molecule has 0 fully saturated rings. The first-order valence-electron chi connectivity index (χ1n) is 2.23. The van der Waals surface area contributed by atoms with E-state index in [9.17, 15) is 0 Å². The van der Waals surface area contributed by atoms with Crippen LogP contribution in [0.3, 0.4) is 0 Å². The van der Waals surface area contributed by atoms with Crippen molar-refractivity contribution in [3.63, 3.8) is 0 Å². The molecule has 9 heavy (non-hydrogen) atoms. The number of halogens is 3. The average Bonchev–Trinajstić information content (AvgIpc) is 1.65.